The molecule has 146 valence electrons. The standard InChI is InChI=1S/C16H21F3N2O3S2/c1-2-3-9-21(13-8-10-26(22,23)11-13)15(25)20-12-4-6-14(7-5-12)24-16(17,18)19/h4-7,13H,2-3,8-11H2,1H3,(H,20,25)/t13-/m1/s1. The summed E-state index contributed by atoms with van der Waals surface area (Å²) in [5.74, 6) is -0.109. The first kappa shape index (κ1) is 20.8. The zero-order valence-corrected chi connectivity index (χ0v) is 15.9. The number of benzene rings is 1. The van der Waals surface area contributed by atoms with Crippen LogP contribution in [0.2, 0.25) is 0 Å². The Morgan fingerprint density at radius 1 is 1.35 bits per heavy atom. The highest BCUT2D eigenvalue weighted by molar-refractivity contribution is 7.91. The van der Waals surface area contributed by atoms with Crippen LogP contribution in [-0.4, -0.2) is 48.9 Å². The third-order valence-corrected chi connectivity index (χ3v) is 6.09. The van der Waals surface area contributed by atoms with Crippen molar-refractivity contribution in [2.75, 3.05) is 23.4 Å². The Labute approximate surface area is 156 Å². The molecule has 0 radical (unpaired) electrons. The van der Waals surface area contributed by atoms with Crippen LogP contribution in [0.5, 0.6) is 5.75 Å². The topological polar surface area (TPSA) is 58.6 Å². The highest BCUT2D eigenvalue weighted by Crippen LogP contribution is 2.25. The molecule has 0 aromatic heterocycles. The molecule has 1 saturated heterocycles. The molecule has 0 unspecified atom stereocenters. The van der Waals surface area contributed by atoms with Gasteiger partial charge in [0.2, 0.25) is 0 Å². The van der Waals surface area contributed by atoms with E-state index < -0.39 is 16.2 Å². The molecule has 5 nitrogen and oxygen atoms in total. The largest absolute Gasteiger partial charge is 0.573 e. The number of hydrogen-bond acceptors (Lipinski definition) is 4. The zero-order valence-electron chi connectivity index (χ0n) is 14.3. The summed E-state index contributed by atoms with van der Waals surface area (Å²) in [4.78, 5) is 1.86. The molecule has 1 N–H and O–H groups in total. The molecule has 1 aromatic carbocycles. The van der Waals surface area contributed by atoms with E-state index in [4.69, 9.17) is 12.2 Å². The minimum Gasteiger partial charge on any atom is -0.406 e. The lowest BCUT2D eigenvalue weighted by Gasteiger charge is -2.31. The quantitative estimate of drug-likeness (QED) is 0.724. The lowest BCUT2D eigenvalue weighted by molar-refractivity contribution is -0.274. The average molecular weight is 410 g/mol. The van der Waals surface area contributed by atoms with Crippen LogP contribution in [0.4, 0.5) is 18.9 Å². The molecule has 10 heteroatoms. The normalized spacial score (nSPS) is 19.2. The molecule has 1 aliphatic rings. The predicted molar refractivity (Wildman–Crippen MR) is 98.0 cm³/mol. The van der Waals surface area contributed by atoms with Gasteiger partial charge < -0.3 is 15.0 Å². The van der Waals surface area contributed by atoms with Gasteiger partial charge in [0, 0.05) is 18.3 Å². The van der Waals surface area contributed by atoms with Gasteiger partial charge in [-0.3, -0.25) is 0 Å². The number of alkyl halides is 3. The minimum absolute atomic E-state index is 0.0664. The number of ether oxygens (including phenoxy) is 1. The van der Waals surface area contributed by atoms with Crippen LogP contribution in [0.1, 0.15) is 26.2 Å². The van der Waals surface area contributed by atoms with E-state index in [0.29, 0.717) is 23.8 Å². The number of nitrogens with zero attached hydrogens (tertiary/aromatic N) is 1. The summed E-state index contributed by atoms with van der Waals surface area (Å²) in [5, 5.41) is 3.34. The molecule has 1 fully saturated rings. The predicted octanol–water partition coefficient (Wildman–Crippen LogP) is 3.57. The first-order valence-electron chi connectivity index (χ1n) is 8.23. The fourth-order valence-corrected chi connectivity index (χ4v) is 4.82. The number of rotatable bonds is 6. The summed E-state index contributed by atoms with van der Waals surface area (Å²) in [6, 6.07) is 5.05. The maximum Gasteiger partial charge on any atom is 0.573 e. The van der Waals surface area contributed by atoms with Gasteiger partial charge in [0.25, 0.3) is 0 Å². The third-order valence-electron chi connectivity index (χ3n) is 4.00. The molecule has 0 amide bonds. The van der Waals surface area contributed by atoms with Gasteiger partial charge in [0.1, 0.15) is 5.75 Å². The Balaban J connectivity index is 2.04. The summed E-state index contributed by atoms with van der Waals surface area (Å²) in [7, 11) is -3.05. The average Bonchev–Trinajstić information content (AvgIpc) is 2.88. The molecular formula is C16H21F3N2O3S2. The van der Waals surface area contributed by atoms with Gasteiger partial charge in [0.15, 0.2) is 14.9 Å². The van der Waals surface area contributed by atoms with Gasteiger partial charge in [-0.1, -0.05) is 13.3 Å². The van der Waals surface area contributed by atoms with Crippen molar-refractivity contribution in [3.8, 4) is 5.75 Å². The lowest BCUT2D eigenvalue weighted by Crippen LogP contribution is -2.44. The maximum absolute atomic E-state index is 12.2. The Bertz CT molecular complexity index is 721. The second-order valence-electron chi connectivity index (χ2n) is 6.11. The molecule has 0 bridgehead atoms. The minimum atomic E-state index is -4.74. The van der Waals surface area contributed by atoms with Crippen molar-refractivity contribution in [2.24, 2.45) is 0 Å². The van der Waals surface area contributed by atoms with Crippen LogP contribution >= 0.6 is 12.2 Å². The molecule has 0 spiro atoms. The second-order valence-corrected chi connectivity index (χ2v) is 8.72. The number of unbranched alkanes of at least 4 members (excludes halogenated alkanes) is 1. The fourth-order valence-electron chi connectivity index (χ4n) is 2.73. The van der Waals surface area contributed by atoms with Gasteiger partial charge in [-0.2, -0.15) is 0 Å². The van der Waals surface area contributed by atoms with Crippen LogP contribution in [0.3, 0.4) is 0 Å². The van der Waals surface area contributed by atoms with Gasteiger partial charge >= 0.3 is 6.36 Å². The Kier molecular flexibility index (Phi) is 6.73. The molecule has 0 aliphatic carbocycles. The van der Waals surface area contributed by atoms with Crippen LogP contribution in [0.25, 0.3) is 0 Å². The van der Waals surface area contributed by atoms with Crippen molar-refractivity contribution < 1.29 is 26.3 Å². The summed E-state index contributed by atoms with van der Waals surface area (Å²) in [5.41, 5.74) is 0.506. The van der Waals surface area contributed by atoms with E-state index in [-0.39, 0.29) is 23.3 Å². The van der Waals surface area contributed by atoms with Crippen molar-refractivity contribution in [3.05, 3.63) is 24.3 Å². The Morgan fingerprint density at radius 2 is 2.00 bits per heavy atom. The third kappa shape index (κ3) is 6.31. The number of thiocarbonyl (C=S) groups is 1. The first-order chi connectivity index (χ1) is 12.1. The van der Waals surface area contributed by atoms with E-state index in [9.17, 15) is 21.6 Å². The van der Waals surface area contributed by atoms with Crippen LogP contribution in [-0.2, 0) is 9.84 Å². The fraction of sp³-hybridized carbons (Fsp3) is 0.562. The van der Waals surface area contributed by atoms with E-state index in [0.717, 1.165) is 12.8 Å². The molecule has 1 atom stereocenters. The van der Waals surface area contributed by atoms with Gasteiger partial charge in [-0.25, -0.2) is 8.42 Å². The van der Waals surface area contributed by atoms with E-state index in [2.05, 4.69) is 10.1 Å². The van der Waals surface area contributed by atoms with E-state index in [1.54, 1.807) is 0 Å². The number of anilines is 1. The monoisotopic (exact) mass is 410 g/mol. The van der Waals surface area contributed by atoms with Crippen LogP contribution in [0.15, 0.2) is 24.3 Å². The van der Waals surface area contributed by atoms with Crippen molar-refractivity contribution in [1.29, 1.82) is 0 Å². The van der Waals surface area contributed by atoms with Crippen molar-refractivity contribution in [1.82, 2.24) is 4.90 Å². The smallest absolute Gasteiger partial charge is 0.406 e. The Morgan fingerprint density at radius 3 is 2.50 bits per heavy atom. The molecule has 2 rings (SSSR count). The summed E-state index contributed by atoms with van der Waals surface area (Å²) in [6.45, 7) is 2.65. The van der Waals surface area contributed by atoms with Gasteiger partial charge in [-0.15, -0.1) is 13.2 Å². The van der Waals surface area contributed by atoms with E-state index in [1.165, 1.54) is 24.3 Å². The molecule has 26 heavy (non-hydrogen) atoms. The number of nitrogens with one attached hydrogen (secondary N) is 1. The van der Waals surface area contributed by atoms with Crippen LogP contribution < -0.4 is 10.1 Å². The van der Waals surface area contributed by atoms with Gasteiger partial charge in [0.05, 0.1) is 11.5 Å². The van der Waals surface area contributed by atoms with Crippen molar-refractivity contribution in [3.63, 3.8) is 0 Å². The number of sulfone groups is 1. The zero-order chi connectivity index (χ0) is 19.4. The molecule has 0 saturated carbocycles. The first-order valence-corrected chi connectivity index (χ1v) is 10.5. The lowest BCUT2D eigenvalue weighted by atomic mass is 10.2. The maximum atomic E-state index is 12.2. The Hall–Kier alpha value is -1.55. The van der Waals surface area contributed by atoms with Gasteiger partial charge in [-0.05, 0) is 49.3 Å². The SMILES string of the molecule is CCCCN(C(=S)Nc1ccc(OC(F)(F)F)cc1)[C@@H]1CCS(=O)(=O)C1. The highest BCUT2D eigenvalue weighted by Gasteiger charge is 2.33. The van der Waals surface area contributed by atoms with E-state index >= 15 is 0 Å². The van der Waals surface area contributed by atoms with E-state index in [1.807, 2.05) is 11.8 Å². The summed E-state index contributed by atoms with van der Waals surface area (Å²) >= 11 is 5.41. The summed E-state index contributed by atoms with van der Waals surface area (Å²) in [6.07, 6.45) is -2.43. The number of hydrogen-bond donors (Lipinski definition) is 1. The van der Waals surface area contributed by atoms with Crippen molar-refractivity contribution >= 4 is 32.9 Å². The molecular weight excluding hydrogens is 389 g/mol. The van der Waals surface area contributed by atoms with Crippen molar-refractivity contribution in [2.45, 2.75) is 38.6 Å². The molecule has 1 aromatic rings. The number of halogens is 3. The second kappa shape index (κ2) is 8.43. The molecule has 1 aliphatic heterocycles. The van der Waals surface area contributed by atoms with Crippen LogP contribution in [0, 0.1) is 0 Å². The molecule has 1 heterocycles. The summed E-state index contributed by atoms with van der Waals surface area (Å²) < 4.78 is 63.9. The highest BCUT2D eigenvalue weighted by atomic mass is 32.2.